The van der Waals surface area contributed by atoms with Crippen molar-refractivity contribution in [1.29, 1.82) is 5.26 Å². The summed E-state index contributed by atoms with van der Waals surface area (Å²) in [5.41, 5.74) is -0.171. The van der Waals surface area contributed by atoms with Gasteiger partial charge in [0.25, 0.3) is 5.91 Å². The van der Waals surface area contributed by atoms with E-state index < -0.39 is 29.6 Å². The van der Waals surface area contributed by atoms with Crippen LogP contribution in [0.2, 0.25) is 0 Å². The molecule has 0 fully saturated rings. The Balaban J connectivity index is 2.72. The largest absolute Gasteiger partial charge is 0.480 e. The number of nitrogens with one attached hydrogen (secondary N) is 1. The highest BCUT2D eigenvalue weighted by Gasteiger charge is 2.20. The molecule has 0 bridgehead atoms. The van der Waals surface area contributed by atoms with E-state index in [1.807, 2.05) is 6.07 Å². The van der Waals surface area contributed by atoms with Crippen molar-refractivity contribution in [2.75, 3.05) is 0 Å². The number of carbonyl (C=O) groups excluding carboxylic acids is 1. The van der Waals surface area contributed by atoms with Gasteiger partial charge in [-0.05, 0) is 31.0 Å². The van der Waals surface area contributed by atoms with Crippen LogP contribution in [0.1, 0.15) is 29.6 Å². The third-order valence-electron chi connectivity index (χ3n) is 2.57. The van der Waals surface area contributed by atoms with Crippen molar-refractivity contribution in [1.82, 2.24) is 5.32 Å². The highest BCUT2D eigenvalue weighted by molar-refractivity contribution is 5.96. The molecule has 5 nitrogen and oxygen atoms in total. The van der Waals surface area contributed by atoms with Crippen LogP contribution in [0.4, 0.5) is 8.78 Å². The van der Waals surface area contributed by atoms with Crippen LogP contribution in [0.15, 0.2) is 18.2 Å². The van der Waals surface area contributed by atoms with Crippen LogP contribution in [0.5, 0.6) is 0 Å². The van der Waals surface area contributed by atoms with Gasteiger partial charge in [0.15, 0.2) is 11.6 Å². The van der Waals surface area contributed by atoms with Gasteiger partial charge in [0.2, 0.25) is 0 Å². The van der Waals surface area contributed by atoms with Gasteiger partial charge in [0.05, 0.1) is 6.07 Å². The van der Waals surface area contributed by atoms with Gasteiger partial charge in [-0.15, -0.1) is 0 Å². The van der Waals surface area contributed by atoms with Crippen LogP contribution in [0.25, 0.3) is 0 Å². The lowest BCUT2D eigenvalue weighted by Gasteiger charge is -2.13. The lowest BCUT2D eigenvalue weighted by atomic mass is 10.1. The Morgan fingerprint density at radius 2 is 2.05 bits per heavy atom. The molecule has 0 saturated carbocycles. The second kappa shape index (κ2) is 7.19. The first-order valence-corrected chi connectivity index (χ1v) is 5.81. The lowest BCUT2D eigenvalue weighted by Crippen LogP contribution is -2.40. The quantitative estimate of drug-likeness (QED) is 0.779. The van der Waals surface area contributed by atoms with Gasteiger partial charge in [-0.3, -0.25) is 4.79 Å². The Hall–Kier alpha value is -2.49. The maximum atomic E-state index is 13.0. The van der Waals surface area contributed by atoms with Crippen molar-refractivity contribution in [3.63, 3.8) is 0 Å². The molecule has 0 aromatic heterocycles. The zero-order valence-corrected chi connectivity index (χ0v) is 10.4. The number of nitriles is 1. The van der Waals surface area contributed by atoms with Crippen molar-refractivity contribution >= 4 is 11.9 Å². The summed E-state index contributed by atoms with van der Waals surface area (Å²) < 4.78 is 25.7. The number of benzene rings is 1. The molecule has 0 unspecified atom stereocenters. The number of hydrogen-bond acceptors (Lipinski definition) is 3. The smallest absolute Gasteiger partial charge is 0.326 e. The predicted molar refractivity (Wildman–Crippen MR) is 64.7 cm³/mol. The molecule has 0 saturated heterocycles. The highest BCUT2D eigenvalue weighted by Crippen LogP contribution is 2.09. The van der Waals surface area contributed by atoms with E-state index in [2.05, 4.69) is 5.32 Å². The molecule has 1 aromatic carbocycles. The van der Waals surface area contributed by atoms with E-state index in [4.69, 9.17) is 10.4 Å². The number of hydrogen-bond donors (Lipinski definition) is 2. The maximum absolute atomic E-state index is 13.0. The average molecular weight is 282 g/mol. The Morgan fingerprint density at radius 1 is 1.35 bits per heavy atom. The van der Waals surface area contributed by atoms with Gasteiger partial charge in [-0.1, -0.05) is 0 Å². The number of carbonyl (C=O) groups is 2. The SMILES string of the molecule is N#CCCC[C@@H](NC(=O)c1ccc(F)c(F)c1)C(=O)O. The Bertz CT molecular complexity index is 555. The first-order valence-electron chi connectivity index (χ1n) is 5.81. The molecule has 20 heavy (non-hydrogen) atoms. The number of carboxylic acid groups (broad SMARTS) is 1. The van der Waals surface area contributed by atoms with Gasteiger partial charge in [0, 0.05) is 12.0 Å². The summed E-state index contributed by atoms with van der Waals surface area (Å²) in [6.07, 6.45) is 0.564. The number of unbranched alkanes of at least 4 members (excludes halogenated alkanes) is 1. The van der Waals surface area contributed by atoms with Crippen molar-refractivity contribution in [2.24, 2.45) is 0 Å². The molecule has 7 heteroatoms. The molecule has 1 amide bonds. The van der Waals surface area contributed by atoms with E-state index >= 15 is 0 Å². The number of aliphatic carboxylic acids is 1. The zero-order valence-electron chi connectivity index (χ0n) is 10.4. The normalized spacial score (nSPS) is 11.4. The molecule has 1 aromatic rings. The van der Waals surface area contributed by atoms with E-state index in [1.165, 1.54) is 0 Å². The summed E-state index contributed by atoms with van der Waals surface area (Å²) in [7, 11) is 0. The van der Waals surface area contributed by atoms with Crippen molar-refractivity contribution in [3.05, 3.63) is 35.4 Å². The van der Waals surface area contributed by atoms with E-state index in [9.17, 15) is 18.4 Å². The summed E-state index contributed by atoms with van der Waals surface area (Å²) in [6.45, 7) is 0. The standard InChI is InChI=1S/C13H12F2N2O3/c14-9-5-4-8(7-10(9)15)12(18)17-11(13(19)20)3-1-2-6-16/h4-5,7,11H,1-3H2,(H,17,18)(H,19,20)/t11-/m1/s1. The predicted octanol–water partition coefficient (Wildman–Crippen LogP) is 1.84. The molecular formula is C13H12F2N2O3. The topological polar surface area (TPSA) is 90.2 Å². The van der Waals surface area contributed by atoms with E-state index in [1.54, 1.807) is 0 Å². The summed E-state index contributed by atoms with van der Waals surface area (Å²) >= 11 is 0. The number of halogens is 2. The van der Waals surface area contributed by atoms with Crippen molar-refractivity contribution in [3.8, 4) is 6.07 Å². The molecule has 0 aliphatic carbocycles. The fourth-order valence-corrected chi connectivity index (χ4v) is 1.52. The minimum atomic E-state index is -1.25. The molecule has 1 atom stereocenters. The average Bonchev–Trinajstić information content (AvgIpc) is 2.40. The fourth-order valence-electron chi connectivity index (χ4n) is 1.52. The Labute approximate surface area is 113 Å². The minimum Gasteiger partial charge on any atom is -0.480 e. The second-order valence-corrected chi connectivity index (χ2v) is 4.04. The molecule has 0 heterocycles. The van der Waals surface area contributed by atoms with Crippen LogP contribution in [-0.2, 0) is 4.79 Å². The maximum Gasteiger partial charge on any atom is 0.326 e. The number of rotatable bonds is 6. The van der Waals surface area contributed by atoms with Crippen LogP contribution >= 0.6 is 0 Å². The van der Waals surface area contributed by atoms with Crippen LogP contribution in [-0.4, -0.2) is 23.0 Å². The highest BCUT2D eigenvalue weighted by atomic mass is 19.2. The molecule has 2 N–H and O–H groups in total. The summed E-state index contributed by atoms with van der Waals surface area (Å²) in [6, 6.07) is 3.23. The van der Waals surface area contributed by atoms with E-state index in [-0.39, 0.29) is 18.4 Å². The summed E-state index contributed by atoms with van der Waals surface area (Å²) in [5, 5.41) is 19.5. The first kappa shape index (κ1) is 15.6. The molecule has 0 radical (unpaired) electrons. The van der Waals surface area contributed by atoms with E-state index in [0.29, 0.717) is 12.5 Å². The second-order valence-electron chi connectivity index (χ2n) is 4.04. The van der Waals surface area contributed by atoms with Crippen molar-refractivity contribution < 1.29 is 23.5 Å². The van der Waals surface area contributed by atoms with Gasteiger partial charge < -0.3 is 10.4 Å². The summed E-state index contributed by atoms with van der Waals surface area (Å²) in [5.74, 6) is -4.34. The van der Waals surface area contributed by atoms with Gasteiger partial charge in [-0.25, -0.2) is 13.6 Å². The third-order valence-corrected chi connectivity index (χ3v) is 2.57. The number of amides is 1. The number of carboxylic acids is 1. The van der Waals surface area contributed by atoms with Crippen LogP contribution in [0.3, 0.4) is 0 Å². The van der Waals surface area contributed by atoms with Gasteiger partial charge in [0.1, 0.15) is 6.04 Å². The molecular weight excluding hydrogens is 270 g/mol. The summed E-state index contributed by atoms with van der Waals surface area (Å²) in [4.78, 5) is 22.7. The van der Waals surface area contributed by atoms with Crippen LogP contribution in [0, 0.1) is 23.0 Å². The molecule has 0 aliphatic rings. The fraction of sp³-hybridized carbons (Fsp3) is 0.308. The molecule has 106 valence electrons. The van der Waals surface area contributed by atoms with E-state index in [0.717, 1.165) is 12.1 Å². The molecule has 0 spiro atoms. The first-order chi connectivity index (χ1) is 9.45. The van der Waals surface area contributed by atoms with Gasteiger partial charge in [-0.2, -0.15) is 5.26 Å². The van der Waals surface area contributed by atoms with Crippen LogP contribution < -0.4 is 5.32 Å². The molecule has 1 rings (SSSR count). The minimum absolute atomic E-state index is 0.0817. The van der Waals surface area contributed by atoms with Crippen molar-refractivity contribution in [2.45, 2.75) is 25.3 Å². The Morgan fingerprint density at radius 3 is 2.60 bits per heavy atom. The number of nitrogens with zero attached hydrogens (tertiary/aromatic N) is 1. The molecule has 0 aliphatic heterocycles. The third kappa shape index (κ3) is 4.31. The monoisotopic (exact) mass is 282 g/mol. The lowest BCUT2D eigenvalue weighted by molar-refractivity contribution is -0.139. The zero-order chi connectivity index (χ0) is 15.1. The Kier molecular flexibility index (Phi) is 5.59. The van der Waals surface area contributed by atoms with Gasteiger partial charge >= 0.3 is 5.97 Å².